The summed E-state index contributed by atoms with van der Waals surface area (Å²) in [5.41, 5.74) is -0.182. The molecule has 1 aromatic carbocycles. The van der Waals surface area contributed by atoms with E-state index in [9.17, 15) is 13.9 Å². The lowest BCUT2D eigenvalue weighted by Gasteiger charge is -2.14. The predicted octanol–water partition coefficient (Wildman–Crippen LogP) is 2.38. The van der Waals surface area contributed by atoms with E-state index < -0.39 is 23.3 Å². The molecule has 2 N–H and O–H groups in total. The molecule has 4 nitrogen and oxygen atoms in total. The molecular formula is C14H11F2N3O. The number of aromatic nitrogens is 1. The molecule has 2 rings (SSSR count). The minimum absolute atomic E-state index is 0.125. The molecule has 0 amide bonds. The first-order valence-electron chi connectivity index (χ1n) is 5.85. The summed E-state index contributed by atoms with van der Waals surface area (Å²) in [4.78, 5) is 3.93. The number of rotatable bonds is 4. The second kappa shape index (κ2) is 6.08. The van der Waals surface area contributed by atoms with Gasteiger partial charge in [-0.2, -0.15) is 5.26 Å². The van der Waals surface area contributed by atoms with Crippen LogP contribution in [0.3, 0.4) is 0 Å². The topological polar surface area (TPSA) is 68.9 Å². The lowest BCUT2D eigenvalue weighted by atomic mass is 10.1. The molecule has 0 fully saturated rings. The molecule has 0 aliphatic heterocycles. The first-order chi connectivity index (χ1) is 9.61. The van der Waals surface area contributed by atoms with Crippen LogP contribution in [-0.4, -0.2) is 16.6 Å². The standard InChI is InChI=1S/C14H11F2N3O/c15-10-4-2-5-11(16)14(10)12(20)8-18-13-6-1-3-9(7-17)19-13/h1-6,12,20H,8H2,(H,18,19). The summed E-state index contributed by atoms with van der Waals surface area (Å²) in [5, 5.41) is 21.3. The molecule has 1 heterocycles. The lowest BCUT2D eigenvalue weighted by Crippen LogP contribution is -2.15. The summed E-state index contributed by atoms with van der Waals surface area (Å²) < 4.78 is 26.9. The minimum Gasteiger partial charge on any atom is -0.386 e. The van der Waals surface area contributed by atoms with Crippen molar-refractivity contribution in [1.82, 2.24) is 4.98 Å². The fourth-order valence-electron chi connectivity index (χ4n) is 1.73. The van der Waals surface area contributed by atoms with Crippen LogP contribution < -0.4 is 5.32 Å². The van der Waals surface area contributed by atoms with Gasteiger partial charge in [0.15, 0.2) is 0 Å². The molecule has 1 atom stereocenters. The van der Waals surface area contributed by atoms with Gasteiger partial charge in [0.2, 0.25) is 0 Å². The molecule has 0 aliphatic carbocycles. The molecule has 0 bridgehead atoms. The van der Waals surface area contributed by atoms with Crippen LogP contribution >= 0.6 is 0 Å². The van der Waals surface area contributed by atoms with E-state index in [2.05, 4.69) is 10.3 Å². The smallest absolute Gasteiger partial charge is 0.142 e. The lowest BCUT2D eigenvalue weighted by molar-refractivity contribution is 0.181. The Morgan fingerprint density at radius 3 is 2.50 bits per heavy atom. The SMILES string of the molecule is N#Cc1cccc(NCC(O)c2c(F)cccc2F)n1. The van der Waals surface area contributed by atoms with Crippen LogP contribution in [0, 0.1) is 23.0 Å². The highest BCUT2D eigenvalue weighted by molar-refractivity contribution is 5.39. The Bertz CT molecular complexity index is 635. The summed E-state index contributed by atoms with van der Waals surface area (Å²) >= 11 is 0. The van der Waals surface area contributed by atoms with Crippen LogP contribution in [0.25, 0.3) is 0 Å². The van der Waals surface area contributed by atoms with Crippen molar-refractivity contribution in [3.8, 4) is 6.07 Å². The van der Waals surface area contributed by atoms with E-state index in [0.717, 1.165) is 12.1 Å². The van der Waals surface area contributed by atoms with E-state index in [0.29, 0.717) is 5.82 Å². The maximum atomic E-state index is 13.5. The Balaban J connectivity index is 2.09. The Morgan fingerprint density at radius 1 is 1.20 bits per heavy atom. The summed E-state index contributed by atoms with van der Waals surface area (Å²) in [5.74, 6) is -1.27. The summed E-state index contributed by atoms with van der Waals surface area (Å²) in [6, 6.07) is 9.99. The molecule has 0 spiro atoms. The van der Waals surface area contributed by atoms with Gasteiger partial charge in [-0.15, -0.1) is 0 Å². The van der Waals surface area contributed by atoms with Gasteiger partial charge < -0.3 is 10.4 Å². The van der Waals surface area contributed by atoms with Crippen LogP contribution in [0.5, 0.6) is 0 Å². The predicted molar refractivity (Wildman–Crippen MR) is 68.8 cm³/mol. The Labute approximate surface area is 114 Å². The monoisotopic (exact) mass is 275 g/mol. The van der Waals surface area contributed by atoms with E-state index >= 15 is 0 Å². The van der Waals surface area contributed by atoms with Gasteiger partial charge in [0, 0.05) is 6.54 Å². The molecule has 20 heavy (non-hydrogen) atoms. The van der Waals surface area contributed by atoms with Crippen molar-refractivity contribution >= 4 is 5.82 Å². The van der Waals surface area contributed by atoms with E-state index in [1.54, 1.807) is 12.1 Å². The molecule has 0 saturated heterocycles. The number of aliphatic hydroxyl groups excluding tert-OH is 1. The zero-order valence-electron chi connectivity index (χ0n) is 10.3. The van der Waals surface area contributed by atoms with Gasteiger partial charge in [0.1, 0.15) is 35.3 Å². The number of halogens is 2. The number of nitriles is 1. The number of hydrogen-bond donors (Lipinski definition) is 2. The van der Waals surface area contributed by atoms with Gasteiger partial charge in [0.25, 0.3) is 0 Å². The molecule has 2 aromatic rings. The Morgan fingerprint density at radius 2 is 1.85 bits per heavy atom. The molecule has 6 heteroatoms. The van der Waals surface area contributed by atoms with Crippen LogP contribution in [0.15, 0.2) is 36.4 Å². The summed E-state index contributed by atoms with van der Waals surface area (Å²) in [6.45, 7) is -0.125. The van der Waals surface area contributed by atoms with Gasteiger partial charge in [-0.25, -0.2) is 13.8 Å². The van der Waals surface area contributed by atoms with E-state index in [4.69, 9.17) is 5.26 Å². The zero-order chi connectivity index (χ0) is 14.5. The number of aliphatic hydroxyl groups is 1. The molecule has 1 unspecified atom stereocenters. The highest BCUT2D eigenvalue weighted by Crippen LogP contribution is 2.20. The third-order valence-corrected chi connectivity index (χ3v) is 2.67. The van der Waals surface area contributed by atoms with Gasteiger partial charge in [0.05, 0.1) is 5.56 Å². The Kier molecular flexibility index (Phi) is 4.23. The molecular weight excluding hydrogens is 264 g/mol. The van der Waals surface area contributed by atoms with E-state index in [1.807, 2.05) is 6.07 Å². The second-order valence-corrected chi connectivity index (χ2v) is 4.05. The zero-order valence-corrected chi connectivity index (χ0v) is 10.3. The van der Waals surface area contributed by atoms with Gasteiger partial charge in [-0.3, -0.25) is 0 Å². The maximum absolute atomic E-state index is 13.5. The van der Waals surface area contributed by atoms with Crippen molar-refractivity contribution in [3.05, 3.63) is 59.3 Å². The molecule has 1 aromatic heterocycles. The van der Waals surface area contributed by atoms with Crippen LogP contribution in [0.2, 0.25) is 0 Å². The minimum atomic E-state index is -1.36. The van der Waals surface area contributed by atoms with Gasteiger partial charge >= 0.3 is 0 Å². The summed E-state index contributed by atoms with van der Waals surface area (Å²) in [6.07, 6.45) is -1.36. The number of nitrogens with one attached hydrogen (secondary N) is 1. The third-order valence-electron chi connectivity index (χ3n) is 2.67. The first-order valence-corrected chi connectivity index (χ1v) is 5.85. The molecule has 0 saturated carbocycles. The second-order valence-electron chi connectivity index (χ2n) is 4.05. The average Bonchev–Trinajstić information content (AvgIpc) is 2.45. The fraction of sp³-hybridized carbons (Fsp3) is 0.143. The van der Waals surface area contributed by atoms with Gasteiger partial charge in [-0.05, 0) is 24.3 Å². The third kappa shape index (κ3) is 3.08. The van der Waals surface area contributed by atoms with Crippen molar-refractivity contribution in [2.24, 2.45) is 0 Å². The van der Waals surface area contributed by atoms with Crippen LogP contribution in [0.4, 0.5) is 14.6 Å². The average molecular weight is 275 g/mol. The molecule has 102 valence electrons. The summed E-state index contributed by atoms with van der Waals surface area (Å²) in [7, 11) is 0. The van der Waals surface area contributed by atoms with Crippen molar-refractivity contribution in [2.45, 2.75) is 6.10 Å². The van der Waals surface area contributed by atoms with E-state index in [-0.39, 0.29) is 12.2 Å². The largest absolute Gasteiger partial charge is 0.386 e. The van der Waals surface area contributed by atoms with Crippen molar-refractivity contribution in [3.63, 3.8) is 0 Å². The maximum Gasteiger partial charge on any atom is 0.142 e. The first kappa shape index (κ1) is 13.9. The number of hydrogen-bond acceptors (Lipinski definition) is 4. The van der Waals surface area contributed by atoms with Crippen molar-refractivity contribution < 1.29 is 13.9 Å². The number of pyridine rings is 1. The quantitative estimate of drug-likeness (QED) is 0.898. The highest BCUT2D eigenvalue weighted by Gasteiger charge is 2.17. The van der Waals surface area contributed by atoms with Crippen LogP contribution in [0.1, 0.15) is 17.4 Å². The molecule has 0 aliphatic rings. The highest BCUT2D eigenvalue weighted by atomic mass is 19.1. The molecule has 0 radical (unpaired) electrons. The number of benzene rings is 1. The van der Waals surface area contributed by atoms with Crippen molar-refractivity contribution in [1.29, 1.82) is 5.26 Å². The fourth-order valence-corrected chi connectivity index (χ4v) is 1.73. The normalized spacial score (nSPS) is 11.7. The van der Waals surface area contributed by atoms with E-state index in [1.165, 1.54) is 12.1 Å². The Hall–Kier alpha value is -2.52. The number of nitrogens with zero attached hydrogens (tertiary/aromatic N) is 2. The number of anilines is 1. The van der Waals surface area contributed by atoms with Gasteiger partial charge in [-0.1, -0.05) is 12.1 Å². The van der Waals surface area contributed by atoms with Crippen molar-refractivity contribution in [2.75, 3.05) is 11.9 Å². The van der Waals surface area contributed by atoms with Crippen LogP contribution in [-0.2, 0) is 0 Å².